The van der Waals surface area contributed by atoms with Gasteiger partial charge in [0.2, 0.25) is 0 Å². The zero-order chi connectivity index (χ0) is 18.6. The number of rotatable bonds is 5. The summed E-state index contributed by atoms with van der Waals surface area (Å²) >= 11 is 0. The molecular formula is C20H20N4O3. The molecule has 1 aliphatic heterocycles. The predicted octanol–water partition coefficient (Wildman–Crippen LogP) is 2.46. The molecule has 3 heterocycles. The molecule has 0 fully saturated rings. The maximum atomic E-state index is 12.4. The van der Waals surface area contributed by atoms with Gasteiger partial charge in [-0.05, 0) is 36.2 Å². The summed E-state index contributed by atoms with van der Waals surface area (Å²) in [6, 6.07) is 11.3. The van der Waals surface area contributed by atoms with E-state index in [1.165, 1.54) is 0 Å². The lowest BCUT2D eigenvalue weighted by Crippen LogP contribution is -2.35. The first kappa shape index (κ1) is 17.1. The molecule has 0 bridgehead atoms. The van der Waals surface area contributed by atoms with Gasteiger partial charge in [0.1, 0.15) is 17.2 Å². The number of pyridine rings is 1. The lowest BCUT2D eigenvalue weighted by Gasteiger charge is -2.25. The van der Waals surface area contributed by atoms with Crippen molar-refractivity contribution in [2.45, 2.75) is 6.42 Å². The summed E-state index contributed by atoms with van der Waals surface area (Å²) in [6.45, 7) is 1.10. The van der Waals surface area contributed by atoms with Crippen LogP contribution in [-0.4, -0.2) is 41.3 Å². The van der Waals surface area contributed by atoms with Crippen molar-refractivity contribution in [1.82, 2.24) is 20.5 Å². The molecule has 2 aromatic heterocycles. The predicted molar refractivity (Wildman–Crippen MR) is 99.8 cm³/mol. The number of carbonyl (C=O) groups is 1. The number of ether oxygens (including phenoxy) is 2. The number of aromatic nitrogens is 3. The Balaban J connectivity index is 1.35. The highest BCUT2D eigenvalue weighted by Crippen LogP contribution is 2.30. The number of hydrogen-bond donors (Lipinski definition) is 2. The molecule has 1 aliphatic rings. The standard InChI is InChI=1S/C20H20N4O3/c1-26-16-3-2-15-8-13(12-27-19(15)9-16)11-22-20(25)18-10-17(23-24-18)14-4-6-21-7-5-14/h2-7,9-10,13H,8,11-12H2,1H3,(H,22,25)(H,23,24)/t13-/m0/s1. The van der Waals surface area contributed by atoms with Crippen LogP contribution in [0.25, 0.3) is 11.3 Å². The number of nitrogens with zero attached hydrogens (tertiary/aromatic N) is 2. The molecule has 0 saturated heterocycles. The van der Waals surface area contributed by atoms with E-state index in [-0.39, 0.29) is 11.8 Å². The maximum Gasteiger partial charge on any atom is 0.269 e. The van der Waals surface area contributed by atoms with E-state index in [1.54, 1.807) is 25.6 Å². The molecule has 138 valence electrons. The van der Waals surface area contributed by atoms with Crippen LogP contribution < -0.4 is 14.8 Å². The largest absolute Gasteiger partial charge is 0.497 e. The summed E-state index contributed by atoms with van der Waals surface area (Å²) < 4.78 is 11.0. The maximum absolute atomic E-state index is 12.4. The summed E-state index contributed by atoms with van der Waals surface area (Å²) in [5.74, 6) is 1.68. The third kappa shape index (κ3) is 3.76. The molecule has 7 nitrogen and oxygen atoms in total. The van der Waals surface area contributed by atoms with Gasteiger partial charge in [0, 0.05) is 36.5 Å². The second-order valence-corrected chi connectivity index (χ2v) is 6.47. The first-order valence-corrected chi connectivity index (χ1v) is 8.76. The number of fused-ring (bicyclic) bond motifs is 1. The normalized spacial score (nSPS) is 15.5. The lowest BCUT2D eigenvalue weighted by molar-refractivity contribution is 0.0934. The summed E-state index contributed by atoms with van der Waals surface area (Å²) in [6.07, 6.45) is 4.24. The molecule has 2 N–H and O–H groups in total. The van der Waals surface area contributed by atoms with Crippen molar-refractivity contribution >= 4 is 5.91 Å². The minimum Gasteiger partial charge on any atom is -0.497 e. The van der Waals surface area contributed by atoms with Crippen molar-refractivity contribution in [1.29, 1.82) is 0 Å². The van der Waals surface area contributed by atoms with E-state index < -0.39 is 0 Å². The molecule has 3 aromatic rings. The minimum absolute atomic E-state index is 0.177. The molecule has 0 radical (unpaired) electrons. The van der Waals surface area contributed by atoms with Crippen molar-refractivity contribution in [2.24, 2.45) is 5.92 Å². The molecule has 0 aliphatic carbocycles. The van der Waals surface area contributed by atoms with Gasteiger partial charge in [-0.3, -0.25) is 14.9 Å². The first-order valence-electron chi connectivity index (χ1n) is 8.76. The minimum atomic E-state index is -0.177. The van der Waals surface area contributed by atoms with Crippen LogP contribution in [0.15, 0.2) is 48.8 Å². The van der Waals surface area contributed by atoms with E-state index in [0.29, 0.717) is 24.5 Å². The average Bonchev–Trinajstić information content (AvgIpc) is 3.22. The number of carbonyl (C=O) groups excluding carboxylic acids is 1. The Morgan fingerprint density at radius 2 is 2.15 bits per heavy atom. The van der Waals surface area contributed by atoms with Gasteiger partial charge in [-0.1, -0.05) is 6.07 Å². The van der Waals surface area contributed by atoms with Crippen molar-refractivity contribution in [3.05, 3.63) is 60.0 Å². The highest BCUT2D eigenvalue weighted by atomic mass is 16.5. The Kier molecular flexibility index (Phi) is 4.74. The molecule has 4 rings (SSSR count). The van der Waals surface area contributed by atoms with E-state index >= 15 is 0 Å². The first-order chi connectivity index (χ1) is 13.2. The summed E-state index contributed by atoms with van der Waals surface area (Å²) in [5, 5.41) is 9.95. The van der Waals surface area contributed by atoms with Gasteiger partial charge in [0.15, 0.2) is 0 Å². The third-order valence-electron chi connectivity index (χ3n) is 4.61. The fraction of sp³-hybridized carbons (Fsp3) is 0.250. The summed E-state index contributed by atoms with van der Waals surface area (Å²) in [5.41, 5.74) is 3.19. The number of nitrogens with one attached hydrogen (secondary N) is 2. The van der Waals surface area contributed by atoms with Gasteiger partial charge in [0.05, 0.1) is 19.4 Å². The van der Waals surface area contributed by atoms with Gasteiger partial charge in [-0.15, -0.1) is 0 Å². The molecule has 0 unspecified atom stereocenters. The Bertz CT molecular complexity index is 939. The quantitative estimate of drug-likeness (QED) is 0.726. The zero-order valence-corrected chi connectivity index (χ0v) is 14.9. The van der Waals surface area contributed by atoms with E-state index in [4.69, 9.17) is 9.47 Å². The van der Waals surface area contributed by atoms with E-state index in [0.717, 1.165) is 29.0 Å². The number of benzene rings is 1. The van der Waals surface area contributed by atoms with Gasteiger partial charge >= 0.3 is 0 Å². The highest BCUT2D eigenvalue weighted by molar-refractivity contribution is 5.93. The molecule has 7 heteroatoms. The monoisotopic (exact) mass is 364 g/mol. The van der Waals surface area contributed by atoms with Crippen LogP contribution in [0.4, 0.5) is 0 Å². The molecular weight excluding hydrogens is 344 g/mol. The third-order valence-corrected chi connectivity index (χ3v) is 4.61. The Hall–Kier alpha value is -3.35. The van der Waals surface area contributed by atoms with Crippen molar-refractivity contribution < 1.29 is 14.3 Å². The van der Waals surface area contributed by atoms with E-state index in [1.807, 2.05) is 30.3 Å². The Labute approximate surface area is 156 Å². The van der Waals surface area contributed by atoms with Gasteiger partial charge in [0.25, 0.3) is 5.91 Å². The smallest absolute Gasteiger partial charge is 0.269 e. The summed E-state index contributed by atoms with van der Waals surface area (Å²) in [4.78, 5) is 16.4. The molecule has 1 atom stereocenters. The van der Waals surface area contributed by atoms with Crippen LogP contribution in [-0.2, 0) is 6.42 Å². The van der Waals surface area contributed by atoms with Crippen molar-refractivity contribution in [2.75, 3.05) is 20.3 Å². The molecule has 1 amide bonds. The second kappa shape index (κ2) is 7.49. The summed E-state index contributed by atoms with van der Waals surface area (Å²) in [7, 11) is 1.64. The highest BCUT2D eigenvalue weighted by Gasteiger charge is 2.21. The lowest BCUT2D eigenvalue weighted by atomic mass is 9.96. The van der Waals surface area contributed by atoms with Gasteiger partial charge in [-0.2, -0.15) is 5.10 Å². The SMILES string of the molecule is COc1ccc2c(c1)OC[C@H](CNC(=O)c1cc(-c3ccncc3)n[nH]1)C2. The number of H-pyrrole nitrogens is 1. The Morgan fingerprint density at radius 1 is 1.30 bits per heavy atom. The van der Waals surface area contributed by atoms with Crippen LogP contribution in [0.3, 0.4) is 0 Å². The average molecular weight is 364 g/mol. The number of hydrogen-bond acceptors (Lipinski definition) is 5. The number of aromatic amines is 1. The fourth-order valence-electron chi connectivity index (χ4n) is 3.11. The molecule has 27 heavy (non-hydrogen) atoms. The van der Waals surface area contributed by atoms with Gasteiger partial charge < -0.3 is 14.8 Å². The number of methoxy groups -OCH3 is 1. The molecule has 1 aromatic carbocycles. The van der Waals surface area contributed by atoms with Crippen LogP contribution in [0, 0.1) is 5.92 Å². The van der Waals surface area contributed by atoms with Crippen LogP contribution in [0.1, 0.15) is 16.1 Å². The Morgan fingerprint density at radius 3 is 2.96 bits per heavy atom. The van der Waals surface area contributed by atoms with E-state index in [9.17, 15) is 4.79 Å². The van der Waals surface area contributed by atoms with Crippen LogP contribution in [0.2, 0.25) is 0 Å². The van der Waals surface area contributed by atoms with E-state index in [2.05, 4.69) is 20.5 Å². The fourth-order valence-corrected chi connectivity index (χ4v) is 3.11. The van der Waals surface area contributed by atoms with Crippen molar-refractivity contribution in [3.8, 4) is 22.8 Å². The molecule has 0 spiro atoms. The molecule has 0 saturated carbocycles. The van der Waals surface area contributed by atoms with Crippen LogP contribution >= 0.6 is 0 Å². The zero-order valence-electron chi connectivity index (χ0n) is 14.9. The second-order valence-electron chi connectivity index (χ2n) is 6.47. The van der Waals surface area contributed by atoms with Crippen LogP contribution in [0.5, 0.6) is 11.5 Å². The topological polar surface area (TPSA) is 89.1 Å². The van der Waals surface area contributed by atoms with Crippen molar-refractivity contribution in [3.63, 3.8) is 0 Å². The number of amides is 1. The van der Waals surface area contributed by atoms with Gasteiger partial charge in [-0.25, -0.2) is 0 Å².